The van der Waals surface area contributed by atoms with Gasteiger partial charge in [-0.2, -0.15) is 0 Å². The van der Waals surface area contributed by atoms with Gasteiger partial charge in [-0.05, 0) is 23.3 Å². The Kier molecular flexibility index (Phi) is 8.02. The van der Waals surface area contributed by atoms with Gasteiger partial charge in [0, 0.05) is 5.57 Å². The summed E-state index contributed by atoms with van der Waals surface area (Å²) in [5.41, 5.74) is 1.17. The number of benzene rings is 2. The molecule has 2 aromatic carbocycles. The van der Waals surface area contributed by atoms with Crippen LogP contribution in [-0.2, 0) is 30.2 Å². The highest BCUT2D eigenvalue weighted by atomic mass is 16.6. The lowest BCUT2D eigenvalue weighted by atomic mass is 10.0. The van der Waals surface area contributed by atoms with Crippen molar-refractivity contribution in [3.05, 3.63) is 60.2 Å². The maximum Gasteiger partial charge on any atom is 0.407 e. The Bertz CT molecular complexity index is 856. The molecule has 28 heavy (non-hydrogen) atoms. The Morgan fingerprint density at radius 1 is 0.929 bits per heavy atom. The van der Waals surface area contributed by atoms with Crippen LogP contribution in [0, 0.1) is 0 Å². The van der Waals surface area contributed by atoms with Gasteiger partial charge in [-0.3, -0.25) is 4.79 Å². The molecule has 0 atom stereocenters. The highest BCUT2D eigenvalue weighted by Crippen LogP contribution is 2.19. The van der Waals surface area contributed by atoms with E-state index in [2.05, 4.69) is 11.9 Å². The quantitative estimate of drug-likeness (QED) is 0.309. The molecule has 148 valence electrons. The van der Waals surface area contributed by atoms with E-state index in [1.807, 2.05) is 42.5 Å². The summed E-state index contributed by atoms with van der Waals surface area (Å²) in [4.78, 5) is 34.6. The molecular weight excluding hydrogens is 362 g/mol. The van der Waals surface area contributed by atoms with Crippen molar-refractivity contribution in [2.24, 2.45) is 0 Å². The summed E-state index contributed by atoms with van der Waals surface area (Å²) < 4.78 is 14.8. The minimum Gasteiger partial charge on any atom is -0.462 e. The third-order valence-corrected chi connectivity index (χ3v) is 3.75. The Labute approximate surface area is 163 Å². The lowest BCUT2D eigenvalue weighted by molar-refractivity contribution is -0.143. The number of fused-ring (bicyclic) bond motifs is 1. The van der Waals surface area contributed by atoms with Crippen LogP contribution in [0.5, 0.6) is 0 Å². The van der Waals surface area contributed by atoms with Crippen molar-refractivity contribution in [3.8, 4) is 0 Å². The fourth-order valence-electron chi connectivity index (χ4n) is 2.41. The second-order valence-electron chi connectivity index (χ2n) is 6.01. The van der Waals surface area contributed by atoms with Crippen LogP contribution in [0.2, 0.25) is 0 Å². The van der Waals surface area contributed by atoms with E-state index in [-0.39, 0.29) is 38.4 Å². The van der Waals surface area contributed by atoms with E-state index < -0.39 is 18.0 Å². The van der Waals surface area contributed by atoms with Gasteiger partial charge < -0.3 is 19.5 Å². The number of rotatable bonds is 9. The third-order valence-electron chi connectivity index (χ3n) is 3.75. The van der Waals surface area contributed by atoms with Crippen molar-refractivity contribution < 1.29 is 28.6 Å². The molecule has 0 aliphatic rings. The fourth-order valence-corrected chi connectivity index (χ4v) is 2.41. The van der Waals surface area contributed by atoms with Gasteiger partial charge in [0.25, 0.3) is 0 Å². The first kappa shape index (κ1) is 21.0. The van der Waals surface area contributed by atoms with Gasteiger partial charge in [0.15, 0.2) is 0 Å². The molecule has 1 N–H and O–H groups in total. The molecule has 0 fully saturated rings. The maximum absolute atomic E-state index is 12.0. The first-order valence-corrected chi connectivity index (χ1v) is 8.83. The molecule has 7 nitrogen and oxygen atoms in total. The number of esters is 2. The van der Waals surface area contributed by atoms with Crippen molar-refractivity contribution in [1.29, 1.82) is 0 Å². The monoisotopic (exact) mass is 385 g/mol. The zero-order valence-electron chi connectivity index (χ0n) is 15.7. The highest BCUT2D eigenvalue weighted by molar-refractivity contribution is 5.89. The van der Waals surface area contributed by atoms with E-state index in [9.17, 15) is 14.4 Å². The standard InChI is InChI=1S/C21H23NO6/c1-15(2)20(24)27-11-10-22-21(25)28-13-12-26-19(23)14-17-8-5-7-16-6-3-4-9-18(16)17/h3-9H,1,10-14H2,2H3,(H,22,25). The van der Waals surface area contributed by atoms with Crippen LogP contribution in [0.3, 0.4) is 0 Å². The average Bonchev–Trinajstić information content (AvgIpc) is 2.68. The molecule has 0 saturated heterocycles. The number of alkyl carbamates (subject to hydrolysis) is 1. The lowest BCUT2D eigenvalue weighted by Gasteiger charge is -2.09. The molecule has 0 aliphatic heterocycles. The van der Waals surface area contributed by atoms with Gasteiger partial charge in [0.05, 0.1) is 13.0 Å². The normalized spacial score (nSPS) is 10.2. The summed E-state index contributed by atoms with van der Waals surface area (Å²) in [6.07, 6.45) is -0.543. The van der Waals surface area contributed by atoms with Crippen molar-refractivity contribution in [2.45, 2.75) is 13.3 Å². The smallest absolute Gasteiger partial charge is 0.407 e. The lowest BCUT2D eigenvalue weighted by Crippen LogP contribution is -2.29. The number of hydrogen-bond donors (Lipinski definition) is 1. The molecule has 0 aliphatic carbocycles. The first-order valence-electron chi connectivity index (χ1n) is 8.83. The van der Waals surface area contributed by atoms with Gasteiger partial charge in [-0.15, -0.1) is 0 Å². The molecule has 0 heterocycles. The topological polar surface area (TPSA) is 90.9 Å². The van der Waals surface area contributed by atoms with Gasteiger partial charge in [-0.25, -0.2) is 9.59 Å². The summed E-state index contributed by atoms with van der Waals surface area (Å²) >= 11 is 0. The number of hydrogen-bond acceptors (Lipinski definition) is 6. The number of carbonyl (C=O) groups is 3. The molecule has 0 unspecified atom stereocenters. The van der Waals surface area contributed by atoms with Crippen LogP contribution in [0.15, 0.2) is 54.6 Å². The maximum atomic E-state index is 12.0. The van der Waals surface area contributed by atoms with Crippen molar-refractivity contribution >= 4 is 28.8 Å². The van der Waals surface area contributed by atoms with Crippen molar-refractivity contribution in [3.63, 3.8) is 0 Å². The van der Waals surface area contributed by atoms with E-state index in [0.29, 0.717) is 0 Å². The molecule has 1 amide bonds. The second kappa shape index (κ2) is 10.7. The van der Waals surface area contributed by atoms with Crippen molar-refractivity contribution in [2.75, 3.05) is 26.4 Å². The van der Waals surface area contributed by atoms with Gasteiger partial charge in [0.1, 0.15) is 19.8 Å². The minimum atomic E-state index is -0.684. The van der Waals surface area contributed by atoms with Crippen LogP contribution in [0.1, 0.15) is 12.5 Å². The van der Waals surface area contributed by atoms with E-state index in [1.165, 1.54) is 6.92 Å². The van der Waals surface area contributed by atoms with Crippen molar-refractivity contribution in [1.82, 2.24) is 5.32 Å². The van der Waals surface area contributed by atoms with E-state index in [0.717, 1.165) is 16.3 Å². The van der Waals surface area contributed by atoms with Crippen LogP contribution >= 0.6 is 0 Å². The summed E-state index contributed by atoms with van der Waals surface area (Å²) in [6, 6.07) is 13.6. The van der Waals surface area contributed by atoms with E-state index in [4.69, 9.17) is 14.2 Å². The molecule has 7 heteroatoms. The molecular formula is C21H23NO6. The summed E-state index contributed by atoms with van der Waals surface area (Å²) in [7, 11) is 0. The largest absolute Gasteiger partial charge is 0.462 e. The third kappa shape index (κ3) is 6.75. The predicted octanol–water partition coefficient (Wildman–Crippen LogP) is 2.77. The van der Waals surface area contributed by atoms with Gasteiger partial charge in [-0.1, -0.05) is 49.0 Å². The fraction of sp³-hybridized carbons (Fsp3) is 0.286. The summed E-state index contributed by atoms with van der Waals surface area (Å²) in [5.74, 6) is -0.916. The summed E-state index contributed by atoms with van der Waals surface area (Å²) in [6.45, 7) is 4.99. The Balaban J connectivity index is 1.62. The number of amides is 1. The molecule has 2 aromatic rings. The van der Waals surface area contributed by atoms with Gasteiger partial charge >= 0.3 is 18.0 Å². The Hall–Kier alpha value is -3.35. The molecule has 0 radical (unpaired) electrons. The van der Waals surface area contributed by atoms with Gasteiger partial charge in [0.2, 0.25) is 0 Å². The SMILES string of the molecule is C=C(C)C(=O)OCCNC(=O)OCCOC(=O)Cc1cccc2ccccc12. The second-order valence-corrected chi connectivity index (χ2v) is 6.01. The van der Waals surface area contributed by atoms with Crippen LogP contribution in [0.4, 0.5) is 4.79 Å². The Morgan fingerprint density at radius 3 is 2.43 bits per heavy atom. The minimum absolute atomic E-state index is 0.0147. The molecule has 2 rings (SSSR count). The van der Waals surface area contributed by atoms with Crippen LogP contribution in [0.25, 0.3) is 10.8 Å². The number of carbonyl (C=O) groups excluding carboxylic acids is 3. The zero-order valence-corrected chi connectivity index (χ0v) is 15.7. The Morgan fingerprint density at radius 2 is 1.64 bits per heavy atom. The van der Waals surface area contributed by atoms with E-state index in [1.54, 1.807) is 0 Å². The highest BCUT2D eigenvalue weighted by Gasteiger charge is 2.09. The molecule has 0 bridgehead atoms. The van der Waals surface area contributed by atoms with Crippen LogP contribution in [-0.4, -0.2) is 44.4 Å². The number of nitrogens with one attached hydrogen (secondary N) is 1. The average molecular weight is 385 g/mol. The predicted molar refractivity (Wildman–Crippen MR) is 104 cm³/mol. The molecule has 0 spiro atoms. The van der Waals surface area contributed by atoms with E-state index >= 15 is 0 Å². The summed E-state index contributed by atoms with van der Waals surface area (Å²) in [5, 5.41) is 4.48. The first-order chi connectivity index (χ1) is 13.5. The molecule has 0 aromatic heterocycles. The zero-order chi connectivity index (χ0) is 20.4. The van der Waals surface area contributed by atoms with Crippen LogP contribution < -0.4 is 5.32 Å². The molecule has 0 saturated carbocycles. The number of ether oxygens (including phenoxy) is 3.